The zero-order chi connectivity index (χ0) is 40.7. The van der Waals surface area contributed by atoms with Crippen molar-refractivity contribution < 1.29 is 0 Å². The van der Waals surface area contributed by atoms with E-state index in [0.29, 0.717) is 5.82 Å². The fourth-order valence-corrected chi connectivity index (χ4v) is 9.78. The predicted molar refractivity (Wildman–Crippen MR) is 255 cm³/mol. The summed E-state index contributed by atoms with van der Waals surface area (Å²) >= 11 is 0. The van der Waals surface area contributed by atoms with Gasteiger partial charge in [0.05, 0.1) is 50.2 Å². The van der Waals surface area contributed by atoms with Crippen LogP contribution in [0.5, 0.6) is 0 Å². The van der Waals surface area contributed by atoms with Gasteiger partial charge in [-0.25, -0.2) is 9.67 Å². The van der Waals surface area contributed by atoms with Gasteiger partial charge < -0.3 is 13.7 Å². The van der Waals surface area contributed by atoms with E-state index >= 15 is 0 Å². The van der Waals surface area contributed by atoms with Crippen molar-refractivity contribution in [1.82, 2.24) is 28.5 Å². The van der Waals surface area contributed by atoms with Crippen LogP contribution in [0.4, 0.5) is 0 Å². The third kappa shape index (κ3) is 5.04. The maximum Gasteiger partial charge on any atom is 0.182 e. The summed E-state index contributed by atoms with van der Waals surface area (Å²) in [6.07, 6.45) is 0. The van der Waals surface area contributed by atoms with E-state index in [0.717, 1.165) is 67.2 Å². The molecule has 0 spiro atoms. The maximum atomic E-state index is 5.19. The molecule has 0 aliphatic carbocycles. The van der Waals surface area contributed by atoms with Crippen molar-refractivity contribution in [2.75, 3.05) is 0 Å². The van der Waals surface area contributed by atoms with E-state index in [-0.39, 0.29) is 0 Å². The van der Waals surface area contributed by atoms with E-state index in [1.807, 2.05) is 41.1 Å². The Morgan fingerprint density at radius 2 is 0.823 bits per heavy atom. The van der Waals surface area contributed by atoms with Gasteiger partial charge in [0.25, 0.3) is 0 Å². The Hall–Kier alpha value is -8.48. The van der Waals surface area contributed by atoms with Crippen LogP contribution in [0.2, 0.25) is 0 Å². The minimum atomic E-state index is 0.688. The van der Waals surface area contributed by atoms with Gasteiger partial charge in [0.1, 0.15) is 0 Å². The van der Waals surface area contributed by atoms with E-state index in [9.17, 15) is 0 Å². The number of hydrogen-bond donors (Lipinski definition) is 0. The molecule has 13 rings (SSSR count). The van der Waals surface area contributed by atoms with Crippen molar-refractivity contribution in [1.29, 1.82) is 0 Å². The summed E-state index contributed by atoms with van der Waals surface area (Å²) < 4.78 is 9.31. The van der Waals surface area contributed by atoms with Gasteiger partial charge in [0.15, 0.2) is 11.6 Å². The molecule has 0 saturated carbocycles. The minimum Gasteiger partial charge on any atom is -0.309 e. The van der Waals surface area contributed by atoms with Crippen LogP contribution < -0.4 is 0 Å². The molecule has 6 heteroatoms. The van der Waals surface area contributed by atoms with Crippen molar-refractivity contribution in [2.45, 2.75) is 0 Å². The highest BCUT2D eigenvalue weighted by Crippen LogP contribution is 2.44. The van der Waals surface area contributed by atoms with Crippen LogP contribution in [0.25, 0.3) is 111 Å². The van der Waals surface area contributed by atoms with Crippen LogP contribution in [-0.2, 0) is 0 Å². The highest BCUT2D eigenvalue weighted by molar-refractivity contribution is 6.26. The van der Waals surface area contributed by atoms with Crippen LogP contribution in [-0.4, -0.2) is 28.5 Å². The fourth-order valence-electron chi connectivity index (χ4n) is 9.78. The SMILES string of the molecule is c1ccc(-c2nc(-c3ccc4c(c3)c3ccccc3n4-c3ccccc3-n3c4ccccc4c4c3ccc3c5ccccc5n(-c5ccccc5)c34)n(-c3ccccc3)n2)cc1. The van der Waals surface area contributed by atoms with Crippen molar-refractivity contribution in [3.63, 3.8) is 0 Å². The first-order chi connectivity index (χ1) is 30.8. The van der Waals surface area contributed by atoms with Gasteiger partial charge in [-0.2, -0.15) is 0 Å². The normalized spacial score (nSPS) is 11.9. The van der Waals surface area contributed by atoms with Crippen LogP contribution >= 0.6 is 0 Å². The average molecular weight is 793 g/mol. The fraction of sp³-hybridized carbons (Fsp3) is 0. The molecule has 0 atom stereocenters. The molecule has 13 aromatic rings. The number of para-hydroxylation sites is 7. The zero-order valence-electron chi connectivity index (χ0n) is 33.5. The van der Waals surface area contributed by atoms with Crippen LogP contribution in [0, 0.1) is 0 Å². The van der Waals surface area contributed by atoms with Crippen LogP contribution in [0.15, 0.2) is 218 Å². The highest BCUT2D eigenvalue weighted by Gasteiger charge is 2.24. The van der Waals surface area contributed by atoms with Crippen LogP contribution in [0.3, 0.4) is 0 Å². The van der Waals surface area contributed by atoms with Crippen molar-refractivity contribution >= 4 is 65.4 Å². The Labute approximate surface area is 356 Å². The lowest BCUT2D eigenvalue weighted by atomic mass is 10.1. The van der Waals surface area contributed by atoms with E-state index in [1.54, 1.807) is 0 Å². The number of fused-ring (bicyclic) bond motifs is 10. The second-order valence-electron chi connectivity index (χ2n) is 15.8. The Bertz CT molecular complexity index is 3850. The van der Waals surface area contributed by atoms with Gasteiger partial charge in [0, 0.05) is 49.1 Å². The van der Waals surface area contributed by atoms with Gasteiger partial charge in [-0.1, -0.05) is 140 Å². The number of nitrogens with zero attached hydrogens (tertiary/aromatic N) is 6. The molecule has 0 fully saturated rings. The standard InChI is InChI=1S/C56H36N6/c1-4-18-37(19-5-1)55-57-56(62(58-55)40-22-8-3-9-23-40)38-32-34-49-45(36-38)42-25-11-14-28-47(42)60(49)50-30-16-17-31-51(50)61-48-29-15-12-26-44(48)53-52(61)35-33-43-41-24-10-13-27-46(41)59(54(43)53)39-20-6-2-7-21-39/h1-36H. The molecule has 290 valence electrons. The third-order valence-electron chi connectivity index (χ3n) is 12.4. The van der Waals surface area contributed by atoms with Crippen molar-refractivity contribution in [3.05, 3.63) is 218 Å². The molecule has 0 radical (unpaired) electrons. The quantitative estimate of drug-likeness (QED) is 0.168. The molecule has 0 aliphatic rings. The van der Waals surface area contributed by atoms with Crippen LogP contribution in [0.1, 0.15) is 0 Å². The molecular formula is C56H36N6. The predicted octanol–water partition coefficient (Wildman–Crippen LogP) is 13.9. The lowest BCUT2D eigenvalue weighted by Gasteiger charge is -2.17. The topological polar surface area (TPSA) is 45.5 Å². The first-order valence-corrected chi connectivity index (χ1v) is 21.0. The molecular weight excluding hydrogens is 757 g/mol. The number of benzene rings is 9. The van der Waals surface area contributed by atoms with Gasteiger partial charge in [-0.3, -0.25) is 0 Å². The molecule has 0 saturated heterocycles. The molecule has 4 aromatic heterocycles. The van der Waals surface area contributed by atoms with E-state index in [1.165, 1.54) is 38.0 Å². The number of aromatic nitrogens is 6. The van der Waals surface area contributed by atoms with E-state index < -0.39 is 0 Å². The minimum absolute atomic E-state index is 0.688. The molecule has 62 heavy (non-hydrogen) atoms. The molecule has 6 nitrogen and oxygen atoms in total. The first kappa shape index (κ1) is 34.4. The molecule has 0 N–H and O–H groups in total. The monoisotopic (exact) mass is 792 g/mol. The lowest BCUT2D eigenvalue weighted by Crippen LogP contribution is -2.03. The molecule has 0 bridgehead atoms. The van der Waals surface area contributed by atoms with E-state index in [4.69, 9.17) is 10.1 Å². The molecule has 0 unspecified atom stereocenters. The van der Waals surface area contributed by atoms with Gasteiger partial charge in [-0.05, 0) is 78.9 Å². The first-order valence-electron chi connectivity index (χ1n) is 21.0. The summed E-state index contributed by atoms with van der Waals surface area (Å²) in [6, 6.07) is 77.8. The Balaban J connectivity index is 1.06. The molecule has 0 amide bonds. The summed E-state index contributed by atoms with van der Waals surface area (Å²) in [5.74, 6) is 1.48. The Morgan fingerprint density at radius 1 is 0.323 bits per heavy atom. The third-order valence-corrected chi connectivity index (χ3v) is 12.4. The maximum absolute atomic E-state index is 5.19. The lowest BCUT2D eigenvalue weighted by molar-refractivity contribution is 0.891. The van der Waals surface area contributed by atoms with Gasteiger partial charge >= 0.3 is 0 Å². The molecule has 4 heterocycles. The Morgan fingerprint density at radius 3 is 1.52 bits per heavy atom. The second kappa shape index (κ2) is 13.5. The van der Waals surface area contributed by atoms with E-state index in [2.05, 4.69) is 196 Å². The Kier molecular flexibility index (Phi) is 7.50. The largest absolute Gasteiger partial charge is 0.309 e. The van der Waals surface area contributed by atoms with Crippen molar-refractivity contribution in [2.24, 2.45) is 0 Å². The highest BCUT2D eigenvalue weighted by atomic mass is 15.4. The summed E-state index contributed by atoms with van der Waals surface area (Å²) in [4.78, 5) is 5.19. The number of rotatable bonds is 6. The van der Waals surface area contributed by atoms with Crippen molar-refractivity contribution in [3.8, 4) is 45.5 Å². The summed E-state index contributed by atoms with van der Waals surface area (Å²) in [5.41, 5.74) is 13.2. The average Bonchev–Trinajstić information content (AvgIpc) is 4.11. The number of hydrogen-bond acceptors (Lipinski definition) is 2. The zero-order valence-corrected chi connectivity index (χ0v) is 33.5. The van der Waals surface area contributed by atoms with Gasteiger partial charge in [0.2, 0.25) is 0 Å². The summed E-state index contributed by atoms with van der Waals surface area (Å²) in [5, 5.41) is 12.3. The van der Waals surface area contributed by atoms with Gasteiger partial charge in [-0.15, -0.1) is 5.10 Å². The molecule has 9 aromatic carbocycles. The second-order valence-corrected chi connectivity index (χ2v) is 15.8. The smallest absolute Gasteiger partial charge is 0.182 e. The summed E-state index contributed by atoms with van der Waals surface area (Å²) in [7, 11) is 0. The molecule has 0 aliphatic heterocycles. The summed E-state index contributed by atoms with van der Waals surface area (Å²) in [6.45, 7) is 0.